The van der Waals surface area contributed by atoms with Gasteiger partial charge in [-0.25, -0.2) is 4.98 Å². The van der Waals surface area contributed by atoms with Gasteiger partial charge in [0, 0.05) is 11.6 Å². The minimum Gasteiger partial charge on any atom is -0.497 e. The summed E-state index contributed by atoms with van der Waals surface area (Å²) in [5, 5.41) is 2.75. The van der Waals surface area contributed by atoms with Crippen LogP contribution in [0.3, 0.4) is 0 Å². The van der Waals surface area contributed by atoms with Crippen LogP contribution in [0.2, 0.25) is 0 Å². The molecule has 0 aliphatic carbocycles. The summed E-state index contributed by atoms with van der Waals surface area (Å²) in [6.45, 7) is 1.81. The summed E-state index contributed by atoms with van der Waals surface area (Å²) < 4.78 is 16.6. The number of methoxy groups -OCH3 is 2. The number of nitrogens with zero attached hydrogens (tertiary/aromatic N) is 3. The summed E-state index contributed by atoms with van der Waals surface area (Å²) in [6, 6.07) is 12.9. The molecule has 31 heavy (non-hydrogen) atoms. The average molecular weight is 436 g/mol. The van der Waals surface area contributed by atoms with Crippen molar-refractivity contribution in [1.82, 2.24) is 13.9 Å². The van der Waals surface area contributed by atoms with Crippen LogP contribution in [-0.4, -0.2) is 34.1 Å². The highest BCUT2D eigenvalue weighted by molar-refractivity contribution is 7.13. The van der Waals surface area contributed by atoms with Gasteiger partial charge in [0.2, 0.25) is 5.91 Å². The summed E-state index contributed by atoms with van der Waals surface area (Å²) >= 11 is 1.08. The van der Waals surface area contributed by atoms with Crippen LogP contribution in [0.5, 0.6) is 11.5 Å². The molecule has 158 valence electrons. The Hall–Kier alpha value is -3.72. The largest absolute Gasteiger partial charge is 0.497 e. The number of benzene rings is 2. The summed E-state index contributed by atoms with van der Waals surface area (Å²) in [4.78, 5) is 29.9. The van der Waals surface area contributed by atoms with Gasteiger partial charge in [-0.15, -0.1) is 0 Å². The number of aryl methyl sites for hydroxylation is 1. The number of amides is 1. The van der Waals surface area contributed by atoms with Crippen LogP contribution in [-0.2, 0) is 11.3 Å². The van der Waals surface area contributed by atoms with E-state index in [4.69, 9.17) is 9.47 Å². The zero-order valence-electron chi connectivity index (χ0n) is 17.2. The van der Waals surface area contributed by atoms with Crippen LogP contribution in [0.1, 0.15) is 5.56 Å². The summed E-state index contributed by atoms with van der Waals surface area (Å²) in [7, 11) is 3.04. The van der Waals surface area contributed by atoms with Crippen molar-refractivity contribution in [3.05, 3.63) is 64.7 Å². The molecule has 0 aliphatic heterocycles. The quantitative estimate of drug-likeness (QED) is 0.497. The average Bonchev–Trinajstić information content (AvgIpc) is 3.21. The second kappa shape index (κ2) is 8.57. The normalized spacial score (nSPS) is 10.8. The maximum Gasteiger partial charge on any atom is 0.273 e. The van der Waals surface area contributed by atoms with Gasteiger partial charge in [0.1, 0.15) is 34.0 Å². The van der Waals surface area contributed by atoms with Gasteiger partial charge in [-0.1, -0.05) is 29.8 Å². The number of nitrogens with one attached hydrogen (secondary N) is 1. The van der Waals surface area contributed by atoms with Crippen molar-refractivity contribution in [2.45, 2.75) is 13.5 Å². The predicted molar refractivity (Wildman–Crippen MR) is 120 cm³/mol. The van der Waals surface area contributed by atoms with Crippen LogP contribution in [0, 0.1) is 6.92 Å². The van der Waals surface area contributed by atoms with Gasteiger partial charge in [0.05, 0.1) is 26.2 Å². The Morgan fingerprint density at radius 1 is 1.13 bits per heavy atom. The Morgan fingerprint density at radius 3 is 2.61 bits per heavy atom. The molecule has 4 aromatic rings. The SMILES string of the molecule is COc1ccc(OC)c(NC(=O)Cn2cnc3c(-c4ccc(C)cc4)nsc3c2=O)c1. The molecule has 8 nitrogen and oxygen atoms in total. The Balaban J connectivity index is 1.60. The molecule has 0 spiro atoms. The van der Waals surface area contributed by atoms with E-state index in [1.54, 1.807) is 18.2 Å². The summed E-state index contributed by atoms with van der Waals surface area (Å²) in [5.41, 5.74) is 3.36. The van der Waals surface area contributed by atoms with Gasteiger partial charge in [0.15, 0.2) is 0 Å². The lowest BCUT2D eigenvalue weighted by molar-refractivity contribution is -0.116. The van der Waals surface area contributed by atoms with Gasteiger partial charge < -0.3 is 14.8 Å². The van der Waals surface area contributed by atoms with Crippen LogP contribution in [0.15, 0.2) is 53.6 Å². The van der Waals surface area contributed by atoms with Crippen molar-refractivity contribution in [1.29, 1.82) is 0 Å². The highest BCUT2D eigenvalue weighted by atomic mass is 32.1. The maximum absolute atomic E-state index is 12.9. The fourth-order valence-corrected chi connectivity index (χ4v) is 3.93. The van der Waals surface area contributed by atoms with E-state index in [-0.39, 0.29) is 12.1 Å². The minimum absolute atomic E-state index is 0.195. The third kappa shape index (κ3) is 4.13. The van der Waals surface area contributed by atoms with E-state index in [1.807, 2.05) is 31.2 Å². The standard InChI is InChI=1S/C22H20N4O4S/c1-13-4-6-14(7-5-13)19-20-21(31-25-19)22(28)26(12-23-20)11-18(27)24-16-10-15(29-2)8-9-17(16)30-3/h4-10,12H,11H2,1-3H3,(H,24,27). The maximum atomic E-state index is 12.9. The molecule has 0 saturated heterocycles. The van der Waals surface area contributed by atoms with Crippen LogP contribution in [0.4, 0.5) is 5.69 Å². The molecule has 0 aliphatic rings. The van der Waals surface area contributed by atoms with E-state index in [0.29, 0.717) is 33.1 Å². The fraction of sp³-hybridized carbons (Fsp3) is 0.182. The molecule has 0 bridgehead atoms. The van der Waals surface area contributed by atoms with Gasteiger partial charge in [-0.05, 0) is 30.6 Å². The van der Waals surface area contributed by atoms with Crippen molar-refractivity contribution in [2.75, 3.05) is 19.5 Å². The topological polar surface area (TPSA) is 95.3 Å². The first kappa shape index (κ1) is 20.5. The molecule has 2 aromatic heterocycles. The molecular weight excluding hydrogens is 416 g/mol. The molecule has 0 unspecified atom stereocenters. The third-order valence-electron chi connectivity index (χ3n) is 4.77. The zero-order chi connectivity index (χ0) is 22.0. The molecular formula is C22H20N4O4S. The van der Waals surface area contributed by atoms with E-state index in [0.717, 1.165) is 22.7 Å². The van der Waals surface area contributed by atoms with Gasteiger partial charge >= 0.3 is 0 Å². The number of rotatable bonds is 6. The second-order valence-electron chi connectivity index (χ2n) is 6.87. The first-order valence-corrected chi connectivity index (χ1v) is 10.2. The van der Waals surface area contributed by atoms with Crippen molar-refractivity contribution in [3.8, 4) is 22.8 Å². The molecule has 2 heterocycles. The molecule has 1 N–H and O–H groups in total. The highest BCUT2D eigenvalue weighted by Gasteiger charge is 2.16. The highest BCUT2D eigenvalue weighted by Crippen LogP contribution is 2.29. The Labute approximate surface area is 182 Å². The van der Waals surface area contributed by atoms with Crippen molar-refractivity contribution in [3.63, 3.8) is 0 Å². The number of carbonyl (C=O) groups is 1. The molecule has 2 aromatic carbocycles. The lowest BCUT2D eigenvalue weighted by atomic mass is 10.1. The first-order chi connectivity index (χ1) is 15.0. The van der Waals surface area contributed by atoms with E-state index in [1.165, 1.54) is 25.1 Å². The van der Waals surface area contributed by atoms with E-state index in [9.17, 15) is 9.59 Å². The number of hydrogen-bond acceptors (Lipinski definition) is 7. The summed E-state index contributed by atoms with van der Waals surface area (Å²) in [5.74, 6) is 0.669. The van der Waals surface area contributed by atoms with E-state index in [2.05, 4.69) is 14.7 Å². The molecule has 1 amide bonds. The van der Waals surface area contributed by atoms with Crippen molar-refractivity contribution < 1.29 is 14.3 Å². The summed E-state index contributed by atoms with van der Waals surface area (Å²) in [6.07, 6.45) is 1.37. The van der Waals surface area contributed by atoms with E-state index < -0.39 is 5.91 Å². The number of fused-ring (bicyclic) bond motifs is 1. The van der Waals surface area contributed by atoms with Gasteiger partial charge in [0.25, 0.3) is 5.56 Å². The van der Waals surface area contributed by atoms with Crippen LogP contribution < -0.4 is 20.3 Å². The molecule has 0 atom stereocenters. The van der Waals surface area contributed by atoms with Crippen molar-refractivity contribution >= 4 is 33.3 Å². The monoisotopic (exact) mass is 436 g/mol. The molecule has 0 radical (unpaired) electrons. The van der Waals surface area contributed by atoms with Crippen LogP contribution >= 0.6 is 11.5 Å². The van der Waals surface area contributed by atoms with Gasteiger partial charge in [-0.2, -0.15) is 4.37 Å². The Bertz CT molecular complexity index is 1310. The number of ether oxygens (including phenoxy) is 2. The van der Waals surface area contributed by atoms with E-state index >= 15 is 0 Å². The second-order valence-corrected chi connectivity index (χ2v) is 7.64. The first-order valence-electron chi connectivity index (χ1n) is 9.44. The Kier molecular flexibility index (Phi) is 5.68. The number of anilines is 1. The van der Waals surface area contributed by atoms with Gasteiger partial charge in [-0.3, -0.25) is 14.2 Å². The lowest BCUT2D eigenvalue weighted by Gasteiger charge is -2.12. The number of hydrogen-bond donors (Lipinski definition) is 1. The fourth-order valence-electron chi connectivity index (χ4n) is 3.13. The molecule has 4 rings (SSSR count). The minimum atomic E-state index is -0.391. The lowest BCUT2D eigenvalue weighted by Crippen LogP contribution is -2.27. The smallest absolute Gasteiger partial charge is 0.273 e. The Morgan fingerprint density at radius 2 is 1.90 bits per heavy atom. The number of carbonyl (C=O) groups excluding carboxylic acids is 1. The zero-order valence-corrected chi connectivity index (χ0v) is 18.0. The van der Waals surface area contributed by atoms with Crippen molar-refractivity contribution in [2.24, 2.45) is 0 Å². The molecule has 0 saturated carbocycles. The third-order valence-corrected chi connectivity index (χ3v) is 5.59. The molecule has 9 heteroatoms. The number of aromatic nitrogens is 3. The molecule has 0 fully saturated rings. The predicted octanol–water partition coefficient (Wildman–Crippen LogP) is 3.48. The van der Waals surface area contributed by atoms with Crippen LogP contribution in [0.25, 0.3) is 21.5 Å².